The van der Waals surface area contributed by atoms with Crippen LogP contribution in [-0.2, 0) is 4.74 Å². The molecule has 10 heavy (non-hydrogen) atoms. The fourth-order valence-electron chi connectivity index (χ4n) is 2.10. The first-order valence-corrected chi connectivity index (χ1v) is 4.16. The highest BCUT2D eigenvalue weighted by Gasteiger charge is 2.42. The van der Waals surface area contributed by atoms with Crippen molar-refractivity contribution in [2.24, 2.45) is 5.92 Å². The lowest BCUT2D eigenvalue weighted by atomic mass is 9.86. The second-order valence-electron chi connectivity index (χ2n) is 3.58. The molecule has 0 aromatic heterocycles. The lowest BCUT2D eigenvalue weighted by Gasteiger charge is -2.26. The van der Waals surface area contributed by atoms with Gasteiger partial charge in [-0.2, -0.15) is 0 Å². The van der Waals surface area contributed by atoms with Crippen LogP contribution in [0.5, 0.6) is 0 Å². The summed E-state index contributed by atoms with van der Waals surface area (Å²) in [6.07, 6.45) is 2.54. The summed E-state index contributed by atoms with van der Waals surface area (Å²) in [5, 5.41) is 3.56. The molecule has 1 spiro atoms. The predicted octanol–water partition coefficient (Wildman–Crippen LogP) is 0.775. The summed E-state index contributed by atoms with van der Waals surface area (Å²) >= 11 is 0. The summed E-state index contributed by atoms with van der Waals surface area (Å²) in [7, 11) is 0. The number of ether oxygens (including phenoxy) is 1. The Morgan fingerprint density at radius 3 is 3.00 bits per heavy atom. The molecule has 0 saturated carbocycles. The number of nitrogens with one attached hydrogen (secondary N) is 1. The van der Waals surface area contributed by atoms with Crippen LogP contribution in [0.25, 0.3) is 0 Å². The van der Waals surface area contributed by atoms with Crippen molar-refractivity contribution >= 4 is 0 Å². The highest BCUT2D eigenvalue weighted by Crippen LogP contribution is 2.33. The normalized spacial score (nSPS) is 47.1. The van der Waals surface area contributed by atoms with Crippen LogP contribution >= 0.6 is 0 Å². The third-order valence-corrected chi connectivity index (χ3v) is 3.05. The van der Waals surface area contributed by atoms with E-state index in [1.807, 2.05) is 0 Å². The van der Waals surface area contributed by atoms with Crippen molar-refractivity contribution in [1.29, 1.82) is 0 Å². The first kappa shape index (κ1) is 6.62. The van der Waals surface area contributed by atoms with E-state index in [0.29, 0.717) is 5.54 Å². The fraction of sp³-hybridized carbons (Fsp3) is 1.00. The van der Waals surface area contributed by atoms with E-state index >= 15 is 0 Å². The number of hydrogen-bond acceptors (Lipinski definition) is 2. The molecule has 2 aliphatic rings. The first-order valence-electron chi connectivity index (χ1n) is 4.16. The standard InChI is InChI=1S/C8H15NO/c1-7-2-4-9-8(7)3-5-10-6-8/h7,9H,2-6H2,1H3/t7?,8-/m0/s1. The molecule has 58 valence electrons. The predicted molar refractivity (Wildman–Crippen MR) is 40.0 cm³/mol. The van der Waals surface area contributed by atoms with Crippen molar-refractivity contribution < 1.29 is 4.74 Å². The van der Waals surface area contributed by atoms with Gasteiger partial charge in [-0.3, -0.25) is 0 Å². The fourth-order valence-corrected chi connectivity index (χ4v) is 2.10. The second kappa shape index (κ2) is 2.21. The molecule has 0 aromatic rings. The van der Waals surface area contributed by atoms with Gasteiger partial charge in [0.1, 0.15) is 0 Å². The largest absolute Gasteiger partial charge is 0.379 e. The molecule has 1 unspecified atom stereocenters. The lowest BCUT2D eigenvalue weighted by molar-refractivity contribution is 0.160. The molecule has 1 N–H and O–H groups in total. The first-order chi connectivity index (χ1) is 4.83. The molecule has 0 bridgehead atoms. The second-order valence-corrected chi connectivity index (χ2v) is 3.58. The van der Waals surface area contributed by atoms with Crippen LogP contribution in [0.15, 0.2) is 0 Å². The van der Waals surface area contributed by atoms with Gasteiger partial charge in [0.25, 0.3) is 0 Å². The Kier molecular flexibility index (Phi) is 1.46. The maximum Gasteiger partial charge on any atom is 0.0651 e. The average molecular weight is 141 g/mol. The molecule has 0 radical (unpaired) electrons. The van der Waals surface area contributed by atoms with Gasteiger partial charge in [-0.05, 0) is 25.3 Å². The Bertz CT molecular complexity index is 124. The SMILES string of the molecule is CC1CCN[C@]12CCOC2. The van der Waals surface area contributed by atoms with E-state index in [4.69, 9.17) is 4.74 Å². The zero-order valence-corrected chi connectivity index (χ0v) is 6.52. The third-order valence-electron chi connectivity index (χ3n) is 3.05. The third kappa shape index (κ3) is 0.789. The van der Waals surface area contributed by atoms with Gasteiger partial charge in [-0.1, -0.05) is 6.92 Å². The summed E-state index contributed by atoms with van der Waals surface area (Å²) in [4.78, 5) is 0. The molecule has 0 aliphatic carbocycles. The molecule has 2 fully saturated rings. The van der Waals surface area contributed by atoms with Gasteiger partial charge in [0.2, 0.25) is 0 Å². The van der Waals surface area contributed by atoms with E-state index in [1.165, 1.54) is 19.4 Å². The molecular formula is C8H15NO. The van der Waals surface area contributed by atoms with Gasteiger partial charge in [-0.25, -0.2) is 0 Å². The van der Waals surface area contributed by atoms with E-state index < -0.39 is 0 Å². The van der Waals surface area contributed by atoms with Crippen LogP contribution in [0, 0.1) is 5.92 Å². The number of rotatable bonds is 0. The molecular weight excluding hydrogens is 126 g/mol. The molecule has 2 heterocycles. The van der Waals surface area contributed by atoms with E-state index in [0.717, 1.165) is 19.1 Å². The van der Waals surface area contributed by atoms with Crippen molar-refractivity contribution in [1.82, 2.24) is 5.32 Å². The van der Waals surface area contributed by atoms with Crippen molar-refractivity contribution in [2.75, 3.05) is 19.8 Å². The molecule has 2 aliphatic heterocycles. The summed E-state index contributed by atoms with van der Waals surface area (Å²) in [5.41, 5.74) is 0.375. The Hall–Kier alpha value is -0.0800. The quantitative estimate of drug-likeness (QED) is 0.538. The van der Waals surface area contributed by atoms with Gasteiger partial charge in [0.05, 0.1) is 6.61 Å². The van der Waals surface area contributed by atoms with E-state index in [9.17, 15) is 0 Å². The Morgan fingerprint density at radius 1 is 1.60 bits per heavy atom. The topological polar surface area (TPSA) is 21.3 Å². The summed E-state index contributed by atoms with van der Waals surface area (Å²) in [6, 6.07) is 0. The molecule has 0 aromatic carbocycles. The maximum atomic E-state index is 5.39. The Labute approximate surface area is 61.9 Å². The van der Waals surface area contributed by atoms with Crippen molar-refractivity contribution in [3.8, 4) is 0 Å². The minimum atomic E-state index is 0.375. The highest BCUT2D eigenvalue weighted by molar-refractivity contribution is 5.00. The average Bonchev–Trinajstić information content (AvgIpc) is 2.48. The van der Waals surface area contributed by atoms with Crippen LogP contribution < -0.4 is 5.32 Å². The number of hydrogen-bond donors (Lipinski definition) is 1. The van der Waals surface area contributed by atoms with Gasteiger partial charge < -0.3 is 10.1 Å². The van der Waals surface area contributed by atoms with Crippen LogP contribution in [0.1, 0.15) is 19.8 Å². The Balaban J connectivity index is 2.11. The van der Waals surface area contributed by atoms with Crippen LogP contribution in [0.3, 0.4) is 0 Å². The van der Waals surface area contributed by atoms with Gasteiger partial charge in [0.15, 0.2) is 0 Å². The zero-order valence-electron chi connectivity index (χ0n) is 6.52. The molecule has 2 heteroatoms. The van der Waals surface area contributed by atoms with Crippen LogP contribution in [-0.4, -0.2) is 25.3 Å². The van der Waals surface area contributed by atoms with Crippen LogP contribution in [0.4, 0.5) is 0 Å². The van der Waals surface area contributed by atoms with Crippen LogP contribution in [0.2, 0.25) is 0 Å². The molecule has 2 nitrogen and oxygen atoms in total. The van der Waals surface area contributed by atoms with Gasteiger partial charge >= 0.3 is 0 Å². The smallest absolute Gasteiger partial charge is 0.0651 e. The van der Waals surface area contributed by atoms with Gasteiger partial charge in [0, 0.05) is 12.1 Å². The van der Waals surface area contributed by atoms with E-state index in [2.05, 4.69) is 12.2 Å². The minimum absolute atomic E-state index is 0.375. The molecule has 2 saturated heterocycles. The monoisotopic (exact) mass is 141 g/mol. The van der Waals surface area contributed by atoms with E-state index in [-0.39, 0.29) is 0 Å². The van der Waals surface area contributed by atoms with Crippen molar-refractivity contribution in [3.05, 3.63) is 0 Å². The Morgan fingerprint density at radius 2 is 2.50 bits per heavy atom. The summed E-state index contributed by atoms with van der Waals surface area (Å²) in [6.45, 7) is 5.41. The minimum Gasteiger partial charge on any atom is -0.379 e. The van der Waals surface area contributed by atoms with Crippen molar-refractivity contribution in [3.63, 3.8) is 0 Å². The lowest BCUT2D eigenvalue weighted by Crippen LogP contribution is -2.44. The summed E-state index contributed by atoms with van der Waals surface area (Å²) < 4.78 is 5.39. The zero-order chi connectivity index (χ0) is 7.03. The maximum absolute atomic E-state index is 5.39. The van der Waals surface area contributed by atoms with Crippen molar-refractivity contribution in [2.45, 2.75) is 25.3 Å². The summed E-state index contributed by atoms with van der Waals surface area (Å²) in [5.74, 6) is 0.815. The molecule has 2 atom stereocenters. The van der Waals surface area contributed by atoms with E-state index in [1.54, 1.807) is 0 Å². The molecule has 0 amide bonds. The van der Waals surface area contributed by atoms with Gasteiger partial charge in [-0.15, -0.1) is 0 Å². The highest BCUT2D eigenvalue weighted by atomic mass is 16.5. The molecule has 2 rings (SSSR count).